The maximum atomic E-state index is 5.95. The van der Waals surface area contributed by atoms with Crippen LogP contribution in [0.15, 0.2) is 12.1 Å². The first-order chi connectivity index (χ1) is 8.19. The highest BCUT2D eigenvalue weighted by atomic mass is 35.5. The van der Waals surface area contributed by atoms with Gasteiger partial charge in [0.15, 0.2) is 0 Å². The van der Waals surface area contributed by atoms with E-state index in [2.05, 4.69) is 23.3 Å². The van der Waals surface area contributed by atoms with Crippen LogP contribution in [0.4, 0.5) is 0 Å². The third-order valence-electron chi connectivity index (χ3n) is 3.17. The van der Waals surface area contributed by atoms with Gasteiger partial charge in [0, 0.05) is 24.0 Å². The minimum Gasteiger partial charge on any atom is -0.374 e. The van der Waals surface area contributed by atoms with E-state index in [-0.39, 0.29) is 6.10 Å². The van der Waals surface area contributed by atoms with Gasteiger partial charge >= 0.3 is 0 Å². The lowest BCUT2D eigenvalue weighted by Gasteiger charge is -2.35. The van der Waals surface area contributed by atoms with Gasteiger partial charge in [0.1, 0.15) is 0 Å². The molecule has 1 aliphatic heterocycles. The molecule has 0 aromatic carbocycles. The van der Waals surface area contributed by atoms with Crippen molar-refractivity contribution in [2.24, 2.45) is 0 Å². The molecule has 5 heteroatoms. The van der Waals surface area contributed by atoms with Gasteiger partial charge in [-0.2, -0.15) is 0 Å². The van der Waals surface area contributed by atoms with E-state index >= 15 is 0 Å². The van der Waals surface area contributed by atoms with Crippen molar-refractivity contribution >= 4 is 22.9 Å². The first-order valence-corrected chi connectivity index (χ1v) is 7.10. The van der Waals surface area contributed by atoms with E-state index in [1.165, 1.54) is 4.88 Å². The van der Waals surface area contributed by atoms with Crippen LogP contribution < -0.4 is 5.32 Å². The van der Waals surface area contributed by atoms with Gasteiger partial charge in [-0.05, 0) is 32.6 Å². The van der Waals surface area contributed by atoms with Crippen molar-refractivity contribution < 1.29 is 4.74 Å². The largest absolute Gasteiger partial charge is 0.374 e. The summed E-state index contributed by atoms with van der Waals surface area (Å²) in [6.07, 6.45) is 1.24. The van der Waals surface area contributed by atoms with Crippen LogP contribution in [-0.2, 0) is 11.2 Å². The predicted octanol–water partition coefficient (Wildman–Crippen LogP) is 1.86. The van der Waals surface area contributed by atoms with Gasteiger partial charge in [-0.1, -0.05) is 11.6 Å². The average Bonchev–Trinajstić information content (AvgIpc) is 2.72. The Balaban J connectivity index is 1.95. The monoisotopic (exact) mass is 274 g/mol. The summed E-state index contributed by atoms with van der Waals surface area (Å²) >= 11 is 7.61. The molecule has 0 radical (unpaired) electrons. The molecule has 2 atom stereocenters. The first-order valence-electron chi connectivity index (χ1n) is 5.90. The predicted molar refractivity (Wildman–Crippen MR) is 73.1 cm³/mol. The second-order valence-corrected chi connectivity index (χ2v) is 6.28. The van der Waals surface area contributed by atoms with Crippen LogP contribution in [0.3, 0.4) is 0 Å². The molecule has 0 saturated carbocycles. The SMILES string of the molecule is CNC(Cc1ccc(Cl)s1)C1CN(C)CCO1. The summed E-state index contributed by atoms with van der Waals surface area (Å²) in [7, 11) is 4.14. The van der Waals surface area contributed by atoms with Crippen molar-refractivity contribution in [3.63, 3.8) is 0 Å². The Morgan fingerprint density at radius 3 is 3.06 bits per heavy atom. The standard InChI is InChI=1S/C12H19ClN2OS/c1-14-10(7-9-3-4-12(13)17-9)11-8-15(2)5-6-16-11/h3-4,10-11,14H,5-8H2,1-2H3. The second-order valence-electron chi connectivity index (χ2n) is 4.48. The van der Waals surface area contributed by atoms with Crippen LogP contribution in [0.2, 0.25) is 4.34 Å². The third kappa shape index (κ3) is 3.66. The lowest BCUT2D eigenvalue weighted by atomic mass is 10.1. The van der Waals surface area contributed by atoms with Crippen LogP contribution in [0, 0.1) is 0 Å². The van der Waals surface area contributed by atoms with E-state index in [4.69, 9.17) is 16.3 Å². The Kier molecular flexibility index (Phi) is 4.82. The summed E-state index contributed by atoms with van der Waals surface area (Å²) in [6.45, 7) is 2.84. The van der Waals surface area contributed by atoms with Crippen LogP contribution in [0.25, 0.3) is 0 Å². The minimum atomic E-state index is 0.264. The van der Waals surface area contributed by atoms with Gasteiger partial charge in [-0.15, -0.1) is 11.3 Å². The number of nitrogens with one attached hydrogen (secondary N) is 1. The van der Waals surface area contributed by atoms with E-state index in [9.17, 15) is 0 Å². The molecule has 1 aliphatic rings. The number of thiophene rings is 1. The first kappa shape index (κ1) is 13.3. The molecule has 2 unspecified atom stereocenters. The number of likely N-dealkylation sites (N-methyl/N-ethyl adjacent to an activating group) is 2. The summed E-state index contributed by atoms with van der Waals surface area (Å²) in [6, 6.07) is 4.42. The highest BCUT2D eigenvalue weighted by Gasteiger charge is 2.26. The van der Waals surface area contributed by atoms with E-state index in [0.29, 0.717) is 6.04 Å². The van der Waals surface area contributed by atoms with Gasteiger partial charge in [-0.3, -0.25) is 0 Å². The van der Waals surface area contributed by atoms with Crippen molar-refractivity contribution in [3.8, 4) is 0 Å². The lowest BCUT2D eigenvalue weighted by Crippen LogP contribution is -2.51. The van der Waals surface area contributed by atoms with Crippen molar-refractivity contribution in [2.75, 3.05) is 33.8 Å². The van der Waals surface area contributed by atoms with Crippen molar-refractivity contribution in [3.05, 3.63) is 21.3 Å². The Hall–Kier alpha value is -0.130. The minimum absolute atomic E-state index is 0.264. The smallest absolute Gasteiger partial charge is 0.0931 e. The lowest BCUT2D eigenvalue weighted by molar-refractivity contribution is -0.0370. The van der Waals surface area contributed by atoms with Gasteiger partial charge < -0.3 is 15.0 Å². The van der Waals surface area contributed by atoms with Crippen LogP contribution >= 0.6 is 22.9 Å². The quantitative estimate of drug-likeness (QED) is 0.907. The van der Waals surface area contributed by atoms with Gasteiger partial charge in [-0.25, -0.2) is 0 Å². The normalized spacial score (nSPS) is 23.8. The molecule has 96 valence electrons. The zero-order chi connectivity index (χ0) is 12.3. The summed E-state index contributed by atoms with van der Waals surface area (Å²) in [5.41, 5.74) is 0. The zero-order valence-corrected chi connectivity index (χ0v) is 11.9. The molecule has 1 N–H and O–H groups in total. The topological polar surface area (TPSA) is 24.5 Å². The summed E-state index contributed by atoms with van der Waals surface area (Å²) in [4.78, 5) is 3.63. The average molecular weight is 275 g/mol. The molecule has 2 rings (SSSR count). The van der Waals surface area contributed by atoms with Gasteiger partial charge in [0.2, 0.25) is 0 Å². The van der Waals surface area contributed by atoms with Crippen molar-refractivity contribution in [2.45, 2.75) is 18.6 Å². The molecule has 2 heterocycles. The molecule has 0 amide bonds. The molecular formula is C12H19ClN2OS. The van der Waals surface area contributed by atoms with E-state index in [1.807, 2.05) is 13.1 Å². The van der Waals surface area contributed by atoms with E-state index in [0.717, 1.165) is 30.5 Å². The molecule has 1 fully saturated rings. The highest BCUT2D eigenvalue weighted by Crippen LogP contribution is 2.23. The summed E-state index contributed by atoms with van der Waals surface area (Å²) in [5, 5.41) is 3.36. The molecular weight excluding hydrogens is 256 g/mol. The van der Waals surface area contributed by atoms with Gasteiger partial charge in [0.05, 0.1) is 17.0 Å². The molecule has 0 aliphatic carbocycles. The second kappa shape index (κ2) is 6.16. The zero-order valence-electron chi connectivity index (χ0n) is 10.3. The van der Waals surface area contributed by atoms with Gasteiger partial charge in [0.25, 0.3) is 0 Å². The third-order valence-corrected chi connectivity index (χ3v) is 4.42. The van der Waals surface area contributed by atoms with E-state index in [1.54, 1.807) is 11.3 Å². The maximum absolute atomic E-state index is 5.95. The Morgan fingerprint density at radius 2 is 2.47 bits per heavy atom. The molecule has 17 heavy (non-hydrogen) atoms. The Morgan fingerprint density at radius 1 is 1.65 bits per heavy atom. The number of hydrogen-bond acceptors (Lipinski definition) is 4. The fraction of sp³-hybridized carbons (Fsp3) is 0.667. The number of hydrogen-bond donors (Lipinski definition) is 1. The highest BCUT2D eigenvalue weighted by molar-refractivity contribution is 7.16. The molecule has 0 bridgehead atoms. The number of morpholine rings is 1. The maximum Gasteiger partial charge on any atom is 0.0931 e. The Labute approximate surface area is 112 Å². The van der Waals surface area contributed by atoms with Crippen molar-refractivity contribution in [1.82, 2.24) is 10.2 Å². The summed E-state index contributed by atoms with van der Waals surface area (Å²) < 4.78 is 6.71. The van der Waals surface area contributed by atoms with Crippen LogP contribution in [-0.4, -0.2) is 50.8 Å². The number of nitrogens with zero attached hydrogens (tertiary/aromatic N) is 1. The molecule has 1 aromatic rings. The van der Waals surface area contributed by atoms with E-state index < -0.39 is 0 Å². The number of ether oxygens (including phenoxy) is 1. The molecule has 1 saturated heterocycles. The fourth-order valence-corrected chi connectivity index (χ4v) is 3.30. The Bertz CT molecular complexity index is 358. The fourth-order valence-electron chi connectivity index (χ4n) is 2.15. The molecule has 0 spiro atoms. The number of rotatable bonds is 4. The number of halogens is 1. The van der Waals surface area contributed by atoms with Crippen LogP contribution in [0.1, 0.15) is 4.88 Å². The molecule has 3 nitrogen and oxygen atoms in total. The molecule has 1 aromatic heterocycles. The van der Waals surface area contributed by atoms with Crippen molar-refractivity contribution in [1.29, 1.82) is 0 Å². The van der Waals surface area contributed by atoms with Crippen LogP contribution in [0.5, 0.6) is 0 Å². The summed E-state index contributed by atoms with van der Waals surface area (Å²) in [5.74, 6) is 0.